The smallest absolute Gasteiger partial charge is 0.248 e. The molecule has 3 heteroatoms. The van der Waals surface area contributed by atoms with Crippen molar-refractivity contribution in [2.75, 3.05) is 0 Å². The van der Waals surface area contributed by atoms with Crippen molar-refractivity contribution in [1.29, 1.82) is 0 Å². The Balaban J connectivity index is 3.80. The lowest BCUT2D eigenvalue weighted by atomic mass is 9.99. The topological polar surface area (TPSA) is 17.1 Å². The maximum atomic E-state index is 12.1. The summed E-state index contributed by atoms with van der Waals surface area (Å²) in [7, 11) is 0. The molecular weight excluding hydrogens is 150 g/mol. The Bertz CT molecular complexity index is 123. The average Bonchev–Trinajstić information content (AvgIpc) is 1.87. The van der Waals surface area contributed by atoms with Gasteiger partial charge in [-0.3, -0.25) is 4.79 Å². The van der Waals surface area contributed by atoms with Crippen molar-refractivity contribution in [2.45, 2.75) is 39.5 Å². The summed E-state index contributed by atoms with van der Waals surface area (Å²) in [5, 5.41) is 0. The van der Waals surface area contributed by atoms with Crippen LogP contribution in [0.15, 0.2) is 0 Å². The molecule has 0 fully saturated rings. The van der Waals surface area contributed by atoms with Gasteiger partial charge in [-0.25, -0.2) is 8.78 Å². The Hall–Kier alpha value is -0.470. The minimum Gasteiger partial charge on any atom is -0.299 e. The van der Waals surface area contributed by atoms with Crippen molar-refractivity contribution >= 4 is 5.78 Å². The number of ketones is 1. The molecule has 1 unspecified atom stereocenters. The number of carbonyl (C=O) groups is 1. The van der Waals surface area contributed by atoms with Crippen LogP contribution in [-0.4, -0.2) is 12.2 Å². The van der Waals surface area contributed by atoms with Gasteiger partial charge in [0.25, 0.3) is 0 Å². The summed E-state index contributed by atoms with van der Waals surface area (Å²) < 4.78 is 24.1. The molecule has 0 rings (SSSR count). The number of halogens is 2. The molecule has 1 atom stereocenters. The van der Waals surface area contributed by atoms with Crippen molar-refractivity contribution < 1.29 is 13.6 Å². The van der Waals surface area contributed by atoms with Crippen LogP contribution in [0.25, 0.3) is 0 Å². The Morgan fingerprint density at radius 2 is 2.00 bits per heavy atom. The van der Waals surface area contributed by atoms with Crippen LogP contribution in [-0.2, 0) is 4.79 Å². The minimum absolute atomic E-state index is 0.323. The first kappa shape index (κ1) is 10.5. The van der Waals surface area contributed by atoms with E-state index in [0.29, 0.717) is 12.8 Å². The molecule has 0 aromatic heterocycles. The Morgan fingerprint density at radius 3 is 2.27 bits per heavy atom. The van der Waals surface area contributed by atoms with Crippen LogP contribution in [0.1, 0.15) is 33.1 Å². The molecule has 0 radical (unpaired) electrons. The van der Waals surface area contributed by atoms with Gasteiger partial charge in [-0.2, -0.15) is 0 Å². The van der Waals surface area contributed by atoms with E-state index >= 15 is 0 Å². The molecular formula is C8H14F2O. The molecule has 11 heavy (non-hydrogen) atoms. The maximum Gasteiger partial charge on any atom is 0.248 e. The lowest BCUT2D eigenvalue weighted by molar-refractivity contribution is -0.125. The Morgan fingerprint density at radius 1 is 1.45 bits per heavy atom. The van der Waals surface area contributed by atoms with Crippen LogP contribution in [0.3, 0.4) is 0 Å². The molecule has 1 nitrogen and oxygen atoms in total. The van der Waals surface area contributed by atoms with E-state index in [-0.39, 0.29) is 0 Å². The zero-order valence-corrected chi connectivity index (χ0v) is 6.94. The van der Waals surface area contributed by atoms with Crippen LogP contribution < -0.4 is 0 Å². The highest BCUT2D eigenvalue weighted by Crippen LogP contribution is 2.17. The molecule has 0 saturated carbocycles. The highest BCUT2D eigenvalue weighted by Gasteiger charge is 2.23. The molecule has 0 aliphatic rings. The summed E-state index contributed by atoms with van der Waals surface area (Å²) in [6.45, 7) is 3.15. The van der Waals surface area contributed by atoms with E-state index in [1.807, 2.05) is 6.92 Å². The standard InChI is InChI=1S/C8H14F2O/c1-3-4-5-7(6(2)11)8(9)10/h7-8H,3-5H2,1-2H3. The van der Waals surface area contributed by atoms with Gasteiger partial charge in [0.2, 0.25) is 6.43 Å². The third kappa shape index (κ3) is 4.06. The van der Waals surface area contributed by atoms with Crippen LogP contribution >= 0.6 is 0 Å². The second kappa shape index (κ2) is 5.22. The summed E-state index contributed by atoms with van der Waals surface area (Å²) in [6.07, 6.45) is -0.603. The second-order valence-electron chi connectivity index (χ2n) is 2.69. The van der Waals surface area contributed by atoms with Crippen molar-refractivity contribution in [3.05, 3.63) is 0 Å². The quantitative estimate of drug-likeness (QED) is 0.610. The molecule has 0 bridgehead atoms. The molecule has 0 aromatic carbocycles. The number of Topliss-reactive ketones (excluding diaryl/α,β-unsaturated/α-hetero) is 1. The number of alkyl halides is 2. The predicted molar refractivity (Wildman–Crippen MR) is 39.7 cm³/mol. The fraction of sp³-hybridized carbons (Fsp3) is 0.875. The largest absolute Gasteiger partial charge is 0.299 e. The van der Waals surface area contributed by atoms with Crippen LogP contribution in [0, 0.1) is 5.92 Å². The molecule has 0 amide bonds. The first-order chi connectivity index (χ1) is 5.09. The lowest BCUT2D eigenvalue weighted by Crippen LogP contribution is -2.19. The van der Waals surface area contributed by atoms with Crippen molar-refractivity contribution in [2.24, 2.45) is 5.92 Å². The average molecular weight is 164 g/mol. The third-order valence-electron chi connectivity index (χ3n) is 1.70. The Kier molecular flexibility index (Phi) is 4.99. The van der Waals surface area contributed by atoms with E-state index in [2.05, 4.69) is 0 Å². The fourth-order valence-corrected chi connectivity index (χ4v) is 0.931. The van der Waals surface area contributed by atoms with Gasteiger partial charge in [-0.05, 0) is 13.3 Å². The predicted octanol–water partition coefficient (Wildman–Crippen LogP) is 2.65. The summed E-state index contributed by atoms with van der Waals surface area (Å²) >= 11 is 0. The van der Waals surface area contributed by atoms with E-state index in [4.69, 9.17) is 0 Å². The van der Waals surface area contributed by atoms with Gasteiger partial charge >= 0.3 is 0 Å². The highest BCUT2D eigenvalue weighted by molar-refractivity contribution is 5.78. The molecule has 66 valence electrons. The normalized spacial score (nSPS) is 13.5. The molecule has 0 saturated heterocycles. The van der Waals surface area contributed by atoms with Gasteiger partial charge in [-0.15, -0.1) is 0 Å². The number of rotatable bonds is 5. The second-order valence-corrected chi connectivity index (χ2v) is 2.69. The zero-order chi connectivity index (χ0) is 8.85. The monoisotopic (exact) mass is 164 g/mol. The molecule has 0 aliphatic heterocycles. The van der Waals surface area contributed by atoms with E-state index in [1.165, 1.54) is 6.92 Å². The van der Waals surface area contributed by atoms with E-state index in [9.17, 15) is 13.6 Å². The number of hydrogen-bond donors (Lipinski definition) is 0. The van der Waals surface area contributed by atoms with Gasteiger partial charge in [0.05, 0.1) is 5.92 Å². The van der Waals surface area contributed by atoms with Gasteiger partial charge in [0, 0.05) is 0 Å². The molecule has 0 heterocycles. The fourth-order valence-electron chi connectivity index (χ4n) is 0.931. The van der Waals surface area contributed by atoms with E-state index < -0.39 is 18.1 Å². The number of unbranched alkanes of at least 4 members (excludes halogenated alkanes) is 1. The number of carbonyl (C=O) groups excluding carboxylic acids is 1. The summed E-state index contributed by atoms with van der Waals surface area (Å²) in [5.74, 6) is -1.43. The van der Waals surface area contributed by atoms with Crippen LogP contribution in [0.2, 0.25) is 0 Å². The Labute approximate surface area is 65.8 Å². The number of hydrogen-bond acceptors (Lipinski definition) is 1. The van der Waals surface area contributed by atoms with Crippen molar-refractivity contribution in [1.82, 2.24) is 0 Å². The first-order valence-corrected chi connectivity index (χ1v) is 3.88. The molecule has 0 aromatic rings. The van der Waals surface area contributed by atoms with Crippen LogP contribution in [0.4, 0.5) is 8.78 Å². The van der Waals surface area contributed by atoms with Gasteiger partial charge in [-0.1, -0.05) is 19.8 Å². The minimum atomic E-state index is -2.49. The van der Waals surface area contributed by atoms with Gasteiger partial charge in [0.15, 0.2) is 0 Å². The van der Waals surface area contributed by atoms with Gasteiger partial charge < -0.3 is 0 Å². The maximum absolute atomic E-state index is 12.1. The summed E-state index contributed by atoms with van der Waals surface area (Å²) in [5.41, 5.74) is 0. The highest BCUT2D eigenvalue weighted by atomic mass is 19.3. The van der Waals surface area contributed by atoms with E-state index in [1.54, 1.807) is 0 Å². The zero-order valence-electron chi connectivity index (χ0n) is 6.94. The third-order valence-corrected chi connectivity index (χ3v) is 1.70. The van der Waals surface area contributed by atoms with Gasteiger partial charge in [0.1, 0.15) is 5.78 Å². The first-order valence-electron chi connectivity index (χ1n) is 3.88. The molecule has 0 spiro atoms. The SMILES string of the molecule is CCCCC(C(C)=O)C(F)F. The summed E-state index contributed by atoms with van der Waals surface area (Å²) in [6, 6.07) is 0. The lowest BCUT2D eigenvalue weighted by Gasteiger charge is -2.10. The molecule has 0 N–H and O–H groups in total. The van der Waals surface area contributed by atoms with Crippen LogP contribution in [0.5, 0.6) is 0 Å². The van der Waals surface area contributed by atoms with Crippen molar-refractivity contribution in [3.63, 3.8) is 0 Å². The van der Waals surface area contributed by atoms with Crippen molar-refractivity contribution in [3.8, 4) is 0 Å². The van der Waals surface area contributed by atoms with E-state index in [0.717, 1.165) is 6.42 Å². The summed E-state index contributed by atoms with van der Waals surface area (Å²) in [4.78, 5) is 10.6. The molecule has 0 aliphatic carbocycles.